The van der Waals surface area contributed by atoms with E-state index >= 15 is 0 Å². The third kappa shape index (κ3) is 3.11. The summed E-state index contributed by atoms with van der Waals surface area (Å²) in [5.74, 6) is 1.06. The number of oxazole rings is 1. The number of Topliss-reactive ketones (excluding diaryl/α,β-unsaturated/α-hetero) is 1. The highest BCUT2D eigenvalue weighted by atomic mass is 32.2. The minimum atomic E-state index is 0.221. The largest absolute Gasteiger partial charge is 0.431 e. The Morgan fingerprint density at radius 1 is 1.25 bits per heavy atom. The van der Waals surface area contributed by atoms with Crippen molar-refractivity contribution in [2.45, 2.75) is 18.1 Å². The van der Waals surface area contributed by atoms with E-state index in [1.54, 1.807) is 11.8 Å². The summed E-state index contributed by atoms with van der Waals surface area (Å²) in [6, 6.07) is 11.5. The number of hydrogen-bond acceptors (Lipinski definition) is 5. The number of ketones is 1. The monoisotopic (exact) mass is 303 g/mol. The molecule has 0 atom stereocenters. The van der Waals surface area contributed by atoms with Crippen molar-refractivity contribution in [2.24, 2.45) is 0 Å². The summed E-state index contributed by atoms with van der Waals surface area (Å²) in [4.78, 5) is 17.1. The Bertz CT molecular complexity index is 671. The van der Waals surface area contributed by atoms with Crippen molar-refractivity contribution in [3.05, 3.63) is 46.7 Å². The smallest absolute Gasteiger partial charge is 0.256 e. The van der Waals surface area contributed by atoms with E-state index in [-0.39, 0.29) is 5.78 Å². The van der Waals surface area contributed by atoms with Crippen molar-refractivity contribution in [3.8, 4) is 0 Å². The average molecular weight is 303 g/mol. The van der Waals surface area contributed by atoms with Crippen LogP contribution in [0.2, 0.25) is 0 Å². The Morgan fingerprint density at radius 2 is 2.15 bits per heavy atom. The quantitative estimate of drug-likeness (QED) is 0.378. The van der Waals surface area contributed by atoms with Crippen molar-refractivity contribution in [2.75, 3.05) is 5.75 Å². The molecule has 0 radical (unpaired) electrons. The summed E-state index contributed by atoms with van der Waals surface area (Å²) in [6.45, 7) is 0. The van der Waals surface area contributed by atoms with Gasteiger partial charge in [0, 0.05) is 12.2 Å². The van der Waals surface area contributed by atoms with Gasteiger partial charge in [0.05, 0.1) is 4.88 Å². The number of carbonyl (C=O) groups excluding carboxylic acids is 1. The molecule has 0 N–H and O–H groups in total. The lowest BCUT2D eigenvalue weighted by molar-refractivity contribution is 0.0986. The lowest BCUT2D eigenvalue weighted by Gasteiger charge is -1.97. The first kappa shape index (κ1) is 13.4. The molecule has 2 aromatic heterocycles. The van der Waals surface area contributed by atoms with Crippen LogP contribution < -0.4 is 0 Å². The average Bonchev–Trinajstić information content (AvgIpc) is 3.11. The standard InChI is InChI=1S/C15H13NO2S2/c17-12(14-8-4-9-19-14)6-3-10-20-15-16-11-5-1-2-7-13(11)18-15/h1-2,4-5,7-9H,3,6,10H2. The molecule has 0 fully saturated rings. The van der Waals surface area contributed by atoms with Crippen LogP contribution in [0.4, 0.5) is 0 Å². The van der Waals surface area contributed by atoms with Gasteiger partial charge in [-0.2, -0.15) is 0 Å². The lowest BCUT2D eigenvalue weighted by Crippen LogP contribution is -1.96. The summed E-state index contributed by atoms with van der Waals surface area (Å²) in [5, 5.41) is 2.61. The van der Waals surface area contributed by atoms with Crippen LogP contribution in [0.25, 0.3) is 11.1 Å². The topological polar surface area (TPSA) is 43.1 Å². The molecule has 0 amide bonds. The first-order valence-electron chi connectivity index (χ1n) is 6.38. The SMILES string of the molecule is O=C(CCCSc1nc2ccccc2o1)c1cccs1. The second-order valence-electron chi connectivity index (χ2n) is 4.30. The van der Waals surface area contributed by atoms with E-state index in [2.05, 4.69) is 4.98 Å². The molecule has 2 heterocycles. The summed E-state index contributed by atoms with van der Waals surface area (Å²) in [5.41, 5.74) is 1.69. The first-order valence-corrected chi connectivity index (χ1v) is 8.24. The molecule has 3 rings (SSSR count). The van der Waals surface area contributed by atoms with Gasteiger partial charge in [-0.1, -0.05) is 30.0 Å². The highest BCUT2D eigenvalue weighted by Crippen LogP contribution is 2.24. The maximum absolute atomic E-state index is 11.8. The van der Waals surface area contributed by atoms with E-state index in [0.717, 1.165) is 28.2 Å². The maximum atomic E-state index is 11.8. The zero-order valence-corrected chi connectivity index (χ0v) is 12.4. The minimum absolute atomic E-state index is 0.221. The number of para-hydroxylation sites is 2. The van der Waals surface area contributed by atoms with Gasteiger partial charge in [0.15, 0.2) is 11.4 Å². The Hall–Kier alpha value is -1.59. The molecule has 102 valence electrons. The van der Waals surface area contributed by atoms with Gasteiger partial charge in [-0.3, -0.25) is 4.79 Å². The Balaban J connectivity index is 1.49. The van der Waals surface area contributed by atoms with Crippen LogP contribution in [-0.4, -0.2) is 16.5 Å². The summed E-state index contributed by atoms with van der Waals surface area (Å²) in [6.07, 6.45) is 1.41. The number of aromatic nitrogens is 1. The van der Waals surface area contributed by atoms with Crippen molar-refractivity contribution in [1.82, 2.24) is 4.98 Å². The molecule has 3 nitrogen and oxygen atoms in total. The van der Waals surface area contributed by atoms with Gasteiger partial charge in [0.25, 0.3) is 5.22 Å². The molecule has 0 unspecified atom stereocenters. The molecule has 0 saturated carbocycles. The van der Waals surface area contributed by atoms with Crippen LogP contribution in [0.1, 0.15) is 22.5 Å². The van der Waals surface area contributed by atoms with Crippen LogP contribution in [0.15, 0.2) is 51.4 Å². The highest BCUT2D eigenvalue weighted by Gasteiger charge is 2.08. The van der Waals surface area contributed by atoms with Gasteiger partial charge >= 0.3 is 0 Å². The van der Waals surface area contributed by atoms with Crippen molar-refractivity contribution >= 4 is 40.0 Å². The second kappa shape index (κ2) is 6.24. The number of nitrogens with zero attached hydrogens (tertiary/aromatic N) is 1. The fourth-order valence-corrected chi connectivity index (χ4v) is 3.33. The number of carbonyl (C=O) groups is 1. The molecule has 0 bridgehead atoms. The highest BCUT2D eigenvalue weighted by molar-refractivity contribution is 7.99. The predicted octanol–water partition coefficient (Wildman–Crippen LogP) is 4.64. The molecule has 20 heavy (non-hydrogen) atoms. The number of rotatable bonds is 6. The molecule has 0 aliphatic rings. The van der Waals surface area contributed by atoms with Crippen LogP contribution in [-0.2, 0) is 0 Å². The van der Waals surface area contributed by atoms with Crippen molar-refractivity contribution in [3.63, 3.8) is 0 Å². The number of benzene rings is 1. The van der Waals surface area contributed by atoms with Crippen LogP contribution >= 0.6 is 23.1 Å². The summed E-state index contributed by atoms with van der Waals surface area (Å²) >= 11 is 3.06. The van der Waals surface area contributed by atoms with Gasteiger partial charge in [0.1, 0.15) is 5.52 Å². The fraction of sp³-hybridized carbons (Fsp3) is 0.200. The van der Waals surface area contributed by atoms with Crippen LogP contribution in [0, 0.1) is 0 Å². The molecule has 3 aromatic rings. The number of hydrogen-bond donors (Lipinski definition) is 0. The molecular formula is C15H13NO2S2. The van der Waals surface area contributed by atoms with E-state index in [4.69, 9.17) is 4.42 Å². The first-order chi connectivity index (χ1) is 9.83. The summed E-state index contributed by atoms with van der Waals surface area (Å²) < 4.78 is 5.62. The summed E-state index contributed by atoms with van der Waals surface area (Å²) in [7, 11) is 0. The minimum Gasteiger partial charge on any atom is -0.431 e. The van der Waals surface area contributed by atoms with E-state index in [1.165, 1.54) is 11.3 Å². The molecular weight excluding hydrogens is 290 g/mol. The number of fused-ring (bicyclic) bond motifs is 1. The van der Waals surface area contributed by atoms with Gasteiger partial charge in [-0.15, -0.1) is 11.3 Å². The molecule has 0 spiro atoms. The normalized spacial score (nSPS) is 11.0. The van der Waals surface area contributed by atoms with Crippen LogP contribution in [0.5, 0.6) is 0 Å². The zero-order valence-electron chi connectivity index (χ0n) is 10.7. The van der Waals surface area contributed by atoms with E-state index < -0.39 is 0 Å². The van der Waals surface area contributed by atoms with Crippen LogP contribution in [0.3, 0.4) is 0 Å². The molecule has 1 aromatic carbocycles. The van der Waals surface area contributed by atoms with E-state index in [1.807, 2.05) is 41.8 Å². The molecule has 0 saturated heterocycles. The zero-order chi connectivity index (χ0) is 13.8. The lowest BCUT2D eigenvalue weighted by atomic mass is 10.2. The maximum Gasteiger partial charge on any atom is 0.256 e. The van der Waals surface area contributed by atoms with Gasteiger partial charge in [-0.05, 0) is 30.0 Å². The number of thiophene rings is 1. The second-order valence-corrected chi connectivity index (χ2v) is 6.29. The Labute approximate surface area is 125 Å². The molecule has 0 aliphatic carbocycles. The predicted molar refractivity (Wildman–Crippen MR) is 82.6 cm³/mol. The van der Waals surface area contributed by atoms with Gasteiger partial charge in [-0.25, -0.2) is 4.98 Å². The molecule has 5 heteroatoms. The third-order valence-electron chi connectivity index (χ3n) is 2.84. The van der Waals surface area contributed by atoms with E-state index in [0.29, 0.717) is 11.6 Å². The number of thioether (sulfide) groups is 1. The Kier molecular flexibility index (Phi) is 4.18. The fourth-order valence-electron chi connectivity index (χ4n) is 1.87. The van der Waals surface area contributed by atoms with Gasteiger partial charge < -0.3 is 4.42 Å². The molecule has 0 aliphatic heterocycles. The van der Waals surface area contributed by atoms with Crippen molar-refractivity contribution < 1.29 is 9.21 Å². The van der Waals surface area contributed by atoms with Crippen molar-refractivity contribution in [1.29, 1.82) is 0 Å². The Morgan fingerprint density at radius 3 is 2.95 bits per heavy atom. The third-order valence-corrected chi connectivity index (χ3v) is 4.67. The van der Waals surface area contributed by atoms with Gasteiger partial charge in [0.2, 0.25) is 0 Å². The van der Waals surface area contributed by atoms with E-state index in [9.17, 15) is 4.79 Å².